The van der Waals surface area contributed by atoms with Crippen molar-refractivity contribution in [3.63, 3.8) is 0 Å². The topological polar surface area (TPSA) is 64.4 Å². The molecule has 0 fully saturated rings. The fourth-order valence-electron chi connectivity index (χ4n) is 1.36. The lowest BCUT2D eigenvalue weighted by molar-refractivity contribution is -0.138. The summed E-state index contributed by atoms with van der Waals surface area (Å²) in [6, 6.07) is 3.78. The Balaban J connectivity index is 3.29. The van der Waals surface area contributed by atoms with Crippen LogP contribution in [0.2, 0.25) is 0 Å². The normalized spacial score (nSPS) is 13.8. The van der Waals surface area contributed by atoms with Crippen LogP contribution in [-0.2, 0) is 6.18 Å². The molecule has 0 heterocycles. The van der Waals surface area contributed by atoms with E-state index in [1.165, 1.54) is 25.3 Å². The Morgan fingerprint density at radius 2 is 1.94 bits per heavy atom. The van der Waals surface area contributed by atoms with E-state index in [2.05, 4.69) is 4.99 Å². The third-order valence-corrected chi connectivity index (χ3v) is 2.51. The van der Waals surface area contributed by atoms with E-state index in [0.29, 0.717) is 5.57 Å². The van der Waals surface area contributed by atoms with Crippen molar-refractivity contribution in [2.75, 3.05) is 0 Å². The predicted molar refractivity (Wildman–Crippen MR) is 65.4 cm³/mol. The second-order valence-electron chi connectivity index (χ2n) is 3.79. The molecule has 1 aromatic carbocycles. The Morgan fingerprint density at radius 3 is 2.44 bits per heavy atom. The number of amidine groups is 1. The highest BCUT2D eigenvalue weighted by Crippen LogP contribution is 2.35. The molecule has 0 bridgehead atoms. The van der Waals surface area contributed by atoms with Crippen LogP contribution in [0.5, 0.6) is 0 Å². The molecule has 0 aliphatic carbocycles. The SMILES string of the molecule is CC(=CN)C(N)=Nc1cccc(C(F)(F)F)c1C. The molecule has 0 aliphatic heterocycles. The first-order valence-corrected chi connectivity index (χ1v) is 5.17. The van der Waals surface area contributed by atoms with Gasteiger partial charge in [-0.2, -0.15) is 13.2 Å². The van der Waals surface area contributed by atoms with E-state index >= 15 is 0 Å². The second-order valence-corrected chi connectivity index (χ2v) is 3.79. The summed E-state index contributed by atoms with van der Waals surface area (Å²) in [6.45, 7) is 2.98. The van der Waals surface area contributed by atoms with Crippen molar-refractivity contribution in [1.82, 2.24) is 0 Å². The van der Waals surface area contributed by atoms with Crippen molar-refractivity contribution in [3.05, 3.63) is 41.1 Å². The fraction of sp³-hybridized carbons (Fsp3) is 0.250. The molecule has 18 heavy (non-hydrogen) atoms. The molecule has 0 unspecified atom stereocenters. The summed E-state index contributed by atoms with van der Waals surface area (Å²) in [5.74, 6) is 0.0972. The zero-order chi connectivity index (χ0) is 13.9. The van der Waals surface area contributed by atoms with Crippen LogP contribution >= 0.6 is 0 Å². The molecule has 6 heteroatoms. The molecule has 0 amide bonds. The van der Waals surface area contributed by atoms with Crippen molar-refractivity contribution < 1.29 is 13.2 Å². The summed E-state index contributed by atoms with van der Waals surface area (Å²) in [5.41, 5.74) is 10.9. The van der Waals surface area contributed by atoms with E-state index < -0.39 is 11.7 Å². The van der Waals surface area contributed by atoms with E-state index in [4.69, 9.17) is 11.5 Å². The minimum Gasteiger partial charge on any atom is -0.404 e. The van der Waals surface area contributed by atoms with E-state index in [9.17, 15) is 13.2 Å². The summed E-state index contributed by atoms with van der Waals surface area (Å²) in [4.78, 5) is 3.95. The van der Waals surface area contributed by atoms with Gasteiger partial charge in [-0.1, -0.05) is 6.07 Å². The quantitative estimate of drug-likeness (QED) is 0.632. The van der Waals surface area contributed by atoms with Crippen LogP contribution in [0.4, 0.5) is 18.9 Å². The number of nitrogens with two attached hydrogens (primary N) is 2. The standard InChI is InChI=1S/C12H14F3N3/c1-7(6-16)11(17)18-10-5-3-4-9(8(10)2)12(13,14)15/h3-6H,16H2,1-2H3,(H2,17,18). The molecule has 1 aromatic rings. The van der Waals surface area contributed by atoms with Crippen LogP contribution < -0.4 is 11.5 Å². The van der Waals surface area contributed by atoms with E-state index in [0.717, 1.165) is 6.07 Å². The number of aliphatic imine (C=N–C) groups is 1. The Bertz CT molecular complexity index is 502. The summed E-state index contributed by atoms with van der Waals surface area (Å²) in [6.07, 6.45) is -3.15. The van der Waals surface area contributed by atoms with Gasteiger partial charge in [0.15, 0.2) is 0 Å². The van der Waals surface area contributed by atoms with Gasteiger partial charge in [-0.15, -0.1) is 0 Å². The third kappa shape index (κ3) is 3.03. The molecule has 0 radical (unpaired) electrons. The van der Waals surface area contributed by atoms with Crippen LogP contribution in [0.25, 0.3) is 0 Å². The monoisotopic (exact) mass is 257 g/mol. The number of alkyl halides is 3. The molecular weight excluding hydrogens is 243 g/mol. The second kappa shape index (κ2) is 5.12. The Morgan fingerprint density at radius 1 is 1.33 bits per heavy atom. The van der Waals surface area contributed by atoms with Gasteiger partial charge >= 0.3 is 6.18 Å². The summed E-state index contributed by atoms with van der Waals surface area (Å²) in [7, 11) is 0. The highest BCUT2D eigenvalue weighted by Gasteiger charge is 2.32. The molecule has 0 aliphatic rings. The molecule has 0 spiro atoms. The van der Waals surface area contributed by atoms with E-state index in [-0.39, 0.29) is 17.1 Å². The lowest BCUT2D eigenvalue weighted by atomic mass is 10.1. The zero-order valence-electron chi connectivity index (χ0n) is 10.0. The maximum atomic E-state index is 12.7. The van der Waals surface area contributed by atoms with Gasteiger partial charge in [0, 0.05) is 11.8 Å². The first-order valence-electron chi connectivity index (χ1n) is 5.17. The number of benzene rings is 1. The maximum Gasteiger partial charge on any atom is 0.416 e. The van der Waals surface area contributed by atoms with Gasteiger partial charge in [0.1, 0.15) is 5.84 Å². The van der Waals surface area contributed by atoms with Crippen molar-refractivity contribution in [2.45, 2.75) is 20.0 Å². The van der Waals surface area contributed by atoms with Gasteiger partial charge in [-0.25, -0.2) is 4.99 Å². The van der Waals surface area contributed by atoms with Gasteiger partial charge in [0.25, 0.3) is 0 Å². The molecule has 0 saturated carbocycles. The fourth-order valence-corrected chi connectivity index (χ4v) is 1.36. The first-order chi connectivity index (χ1) is 8.27. The van der Waals surface area contributed by atoms with Crippen LogP contribution in [0.3, 0.4) is 0 Å². The average Bonchev–Trinajstić information content (AvgIpc) is 2.29. The smallest absolute Gasteiger partial charge is 0.404 e. The lowest BCUT2D eigenvalue weighted by Crippen LogP contribution is -2.14. The lowest BCUT2D eigenvalue weighted by Gasteiger charge is -2.12. The van der Waals surface area contributed by atoms with Crippen molar-refractivity contribution in [2.24, 2.45) is 16.5 Å². The van der Waals surface area contributed by atoms with Crippen LogP contribution in [-0.4, -0.2) is 5.84 Å². The molecule has 1 rings (SSSR count). The van der Waals surface area contributed by atoms with Crippen LogP contribution in [0.15, 0.2) is 35.0 Å². The number of rotatable bonds is 2. The molecule has 4 N–H and O–H groups in total. The Labute approximate surface area is 103 Å². The van der Waals surface area contributed by atoms with E-state index in [1.54, 1.807) is 6.92 Å². The van der Waals surface area contributed by atoms with Crippen LogP contribution in [0.1, 0.15) is 18.1 Å². The van der Waals surface area contributed by atoms with Gasteiger partial charge in [0.2, 0.25) is 0 Å². The number of hydrogen-bond acceptors (Lipinski definition) is 2. The van der Waals surface area contributed by atoms with E-state index in [1.807, 2.05) is 0 Å². The first kappa shape index (κ1) is 14.1. The summed E-state index contributed by atoms with van der Waals surface area (Å²) < 4.78 is 38.0. The highest BCUT2D eigenvalue weighted by atomic mass is 19.4. The van der Waals surface area contributed by atoms with Crippen molar-refractivity contribution >= 4 is 11.5 Å². The third-order valence-electron chi connectivity index (χ3n) is 2.51. The highest BCUT2D eigenvalue weighted by molar-refractivity contribution is 5.98. The molecule has 0 saturated heterocycles. The van der Waals surface area contributed by atoms with Gasteiger partial charge in [-0.3, -0.25) is 0 Å². The van der Waals surface area contributed by atoms with Gasteiger partial charge in [-0.05, 0) is 31.5 Å². The Hall–Kier alpha value is -1.98. The van der Waals surface area contributed by atoms with Crippen LogP contribution in [0, 0.1) is 6.92 Å². The Kier molecular flexibility index (Phi) is 4.00. The molecule has 0 aromatic heterocycles. The minimum atomic E-state index is -4.40. The number of hydrogen-bond donors (Lipinski definition) is 2. The minimum absolute atomic E-state index is 0.0396. The summed E-state index contributed by atoms with van der Waals surface area (Å²) in [5, 5.41) is 0. The van der Waals surface area contributed by atoms with Crippen molar-refractivity contribution in [3.8, 4) is 0 Å². The zero-order valence-corrected chi connectivity index (χ0v) is 10.0. The molecule has 98 valence electrons. The predicted octanol–water partition coefficient (Wildman–Crippen LogP) is 2.87. The number of nitrogens with zero attached hydrogens (tertiary/aromatic N) is 1. The average molecular weight is 257 g/mol. The van der Waals surface area contributed by atoms with Gasteiger partial charge in [0.05, 0.1) is 11.3 Å². The number of halogens is 3. The molecule has 3 nitrogen and oxygen atoms in total. The maximum absolute atomic E-state index is 12.7. The summed E-state index contributed by atoms with van der Waals surface area (Å²) >= 11 is 0. The van der Waals surface area contributed by atoms with Gasteiger partial charge < -0.3 is 11.5 Å². The molecular formula is C12H14F3N3. The molecule has 0 atom stereocenters. The largest absolute Gasteiger partial charge is 0.416 e. The van der Waals surface area contributed by atoms with Crippen molar-refractivity contribution in [1.29, 1.82) is 0 Å².